The average Bonchev–Trinajstić information content (AvgIpc) is 2.80. The van der Waals surface area contributed by atoms with Crippen LogP contribution in [0.4, 0.5) is 10.1 Å². The van der Waals surface area contributed by atoms with E-state index in [4.69, 9.17) is 0 Å². The molecule has 6 heteroatoms. The quantitative estimate of drug-likeness (QED) is 0.888. The number of rotatable bonds is 2. The molecule has 1 heterocycles. The molecule has 0 aliphatic carbocycles. The van der Waals surface area contributed by atoms with Gasteiger partial charge in [-0.25, -0.2) is 4.39 Å². The van der Waals surface area contributed by atoms with E-state index in [0.717, 1.165) is 18.7 Å². The Morgan fingerprint density at radius 2 is 1.58 bits per heavy atom. The summed E-state index contributed by atoms with van der Waals surface area (Å²) in [6.45, 7) is 2.53. The van der Waals surface area contributed by atoms with Gasteiger partial charge < -0.3 is 20.0 Å². The molecule has 5 nitrogen and oxygen atoms in total. The fourth-order valence-electron chi connectivity index (χ4n) is 2.93. The molecule has 2 N–H and O–H groups in total. The number of benzene rings is 2. The lowest BCUT2D eigenvalue weighted by atomic mass is 10.1. The third-order valence-corrected chi connectivity index (χ3v) is 4.12. The van der Waals surface area contributed by atoms with Gasteiger partial charge in [-0.2, -0.15) is 0 Å². The van der Waals surface area contributed by atoms with Crippen LogP contribution in [0, 0.1) is 5.82 Å². The molecule has 0 atom stereocenters. The summed E-state index contributed by atoms with van der Waals surface area (Å²) < 4.78 is 13.0. The topological polar surface area (TPSA) is 64.0 Å². The zero-order valence-corrected chi connectivity index (χ0v) is 13.2. The van der Waals surface area contributed by atoms with Crippen LogP contribution < -0.4 is 4.90 Å². The molecule has 0 radical (unpaired) electrons. The molecule has 1 aliphatic heterocycles. The molecule has 24 heavy (non-hydrogen) atoms. The van der Waals surface area contributed by atoms with Crippen molar-refractivity contribution >= 4 is 11.6 Å². The van der Waals surface area contributed by atoms with Gasteiger partial charge in [0, 0.05) is 43.5 Å². The summed E-state index contributed by atoms with van der Waals surface area (Å²) in [6.07, 6.45) is 0.786. The number of carbonyl (C=O) groups excluding carboxylic acids is 1. The molecule has 0 spiro atoms. The van der Waals surface area contributed by atoms with Crippen molar-refractivity contribution in [3.8, 4) is 11.5 Å². The smallest absolute Gasteiger partial charge is 0.254 e. The first-order valence-electron chi connectivity index (χ1n) is 7.86. The van der Waals surface area contributed by atoms with Crippen molar-refractivity contribution in [1.82, 2.24) is 4.90 Å². The second-order valence-electron chi connectivity index (χ2n) is 5.85. The number of aromatic hydroxyl groups is 2. The first kappa shape index (κ1) is 16.1. The van der Waals surface area contributed by atoms with E-state index in [-0.39, 0.29) is 28.8 Å². The Labute approximate surface area is 139 Å². The van der Waals surface area contributed by atoms with Crippen molar-refractivity contribution in [2.75, 3.05) is 31.1 Å². The highest BCUT2D eigenvalue weighted by atomic mass is 19.1. The second-order valence-corrected chi connectivity index (χ2v) is 5.85. The van der Waals surface area contributed by atoms with E-state index >= 15 is 0 Å². The van der Waals surface area contributed by atoms with Crippen molar-refractivity contribution in [3.63, 3.8) is 0 Å². The van der Waals surface area contributed by atoms with Crippen LogP contribution in [0.2, 0.25) is 0 Å². The van der Waals surface area contributed by atoms with Crippen molar-refractivity contribution in [1.29, 1.82) is 0 Å². The Morgan fingerprint density at radius 3 is 2.25 bits per heavy atom. The maximum Gasteiger partial charge on any atom is 0.254 e. The number of carbonyl (C=O) groups is 1. The normalized spacial score (nSPS) is 15.2. The highest BCUT2D eigenvalue weighted by molar-refractivity contribution is 5.95. The van der Waals surface area contributed by atoms with E-state index in [1.807, 2.05) is 0 Å². The largest absolute Gasteiger partial charge is 0.508 e. The molecule has 1 saturated heterocycles. The van der Waals surface area contributed by atoms with Gasteiger partial charge in [0.25, 0.3) is 5.91 Å². The Balaban J connectivity index is 1.70. The Bertz CT molecular complexity index is 713. The minimum atomic E-state index is -0.269. The standard InChI is InChI=1S/C18H19FN2O3/c19-14-2-4-15(5-3-14)20-6-1-7-21(9-8-20)18(24)13-10-16(22)12-17(23)11-13/h2-5,10-12,22-23H,1,6-9H2. The number of anilines is 1. The lowest BCUT2D eigenvalue weighted by Crippen LogP contribution is -2.35. The second kappa shape index (κ2) is 6.78. The number of hydrogen-bond acceptors (Lipinski definition) is 4. The Hall–Kier alpha value is -2.76. The van der Waals surface area contributed by atoms with Crippen molar-refractivity contribution < 1.29 is 19.4 Å². The lowest BCUT2D eigenvalue weighted by Gasteiger charge is -2.24. The number of phenols is 2. The molecule has 1 fully saturated rings. The molecule has 3 rings (SSSR count). The lowest BCUT2D eigenvalue weighted by molar-refractivity contribution is 0.0766. The summed E-state index contributed by atoms with van der Waals surface area (Å²) in [5.74, 6) is -0.765. The minimum absolute atomic E-state index is 0.138. The summed E-state index contributed by atoms with van der Waals surface area (Å²) in [4.78, 5) is 16.4. The predicted octanol–water partition coefficient (Wildman–Crippen LogP) is 2.59. The van der Waals surface area contributed by atoms with Gasteiger partial charge >= 0.3 is 0 Å². The summed E-state index contributed by atoms with van der Waals surface area (Å²) in [5.41, 5.74) is 1.20. The fraction of sp³-hybridized carbons (Fsp3) is 0.278. The molecule has 0 saturated carbocycles. The molecule has 2 aromatic carbocycles. The van der Waals surface area contributed by atoms with E-state index < -0.39 is 0 Å². The van der Waals surface area contributed by atoms with Crippen LogP contribution in [0.25, 0.3) is 0 Å². The van der Waals surface area contributed by atoms with Crippen LogP contribution >= 0.6 is 0 Å². The molecule has 2 aromatic rings. The first-order valence-corrected chi connectivity index (χ1v) is 7.86. The van der Waals surface area contributed by atoms with E-state index in [9.17, 15) is 19.4 Å². The number of hydrogen-bond donors (Lipinski definition) is 2. The Morgan fingerprint density at radius 1 is 0.917 bits per heavy atom. The number of halogens is 1. The minimum Gasteiger partial charge on any atom is -0.508 e. The van der Waals surface area contributed by atoms with E-state index in [1.165, 1.54) is 30.3 Å². The van der Waals surface area contributed by atoms with Gasteiger partial charge in [-0.1, -0.05) is 0 Å². The molecule has 0 unspecified atom stereocenters. The van der Waals surface area contributed by atoms with Gasteiger partial charge in [0.2, 0.25) is 0 Å². The van der Waals surface area contributed by atoms with Gasteiger partial charge in [-0.05, 0) is 42.8 Å². The van der Waals surface area contributed by atoms with Gasteiger partial charge in [0.1, 0.15) is 17.3 Å². The zero-order valence-electron chi connectivity index (χ0n) is 13.2. The molecular weight excluding hydrogens is 311 g/mol. The molecule has 0 bridgehead atoms. The average molecular weight is 330 g/mol. The summed E-state index contributed by atoms with van der Waals surface area (Å²) >= 11 is 0. The van der Waals surface area contributed by atoms with Gasteiger partial charge in [-0.15, -0.1) is 0 Å². The van der Waals surface area contributed by atoms with Crippen molar-refractivity contribution in [2.45, 2.75) is 6.42 Å². The van der Waals surface area contributed by atoms with Gasteiger partial charge in [0.05, 0.1) is 0 Å². The van der Waals surface area contributed by atoms with Gasteiger partial charge in [0.15, 0.2) is 0 Å². The van der Waals surface area contributed by atoms with Crippen LogP contribution in [0.5, 0.6) is 11.5 Å². The number of amides is 1. The zero-order chi connectivity index (χ0) is 17.1. The number of nitrogens with zero attached hydrogens (tertiary/aromatic N) is 2. The van der Waals surface area contributed by atoms with Gasteiger partial charge in [-0.3, -0.25) is 4.79 Å². The maximum absolute atomic E-state index is 13.0. The summed E-state index contributed by atoms with van der Waals surface area (Å²) in [7, 11) is 0. The van der Waals surface area contributed by atoms with Crippen molar-refractivity contribution in [2.24, 2.45) is 0 Å². The van der Waals surface area contributed by atoms with Crippen LogP contribution in [0.1, 0.15) is 16.8 Å². The van der Waals surface area contributed by atoms with Crippen LogP contribution in [0.15, 0.2) is 42.5 Å². The van der Waals surface area contributed by atoms with Crippen molar-refractivity contribution in [3.05, 3.63) is 53.8 Å². The molecule has 126 valence electrons. The van der Waals surface area contributed by atoms with Crippen LogP contribution in [0.3, 0.4) is 0 Å². The predicted molar refractivity (Wildman–Crippen MR) is 88.9 cm³/mol. The summed E-state index contributed by atoms with van der Waals surface area (Å²) in [6, 6.07) is 10.2. The van der Waals surface area contributed by atoms with Crippen LogP contribution in [-0.4, -0.2) is 47.2 Å². The summed E-state index contributed by atoms with van der Waals surface area (Å²) in [5, 5.41) is 19.1. The Kier molecular flexibility index (Phi) is 4.55. The highest BCUT2D eigenvalue weighted by Gasteiger charge is 2.21. The monoisotopic (exact) mass is 330 g/mol. The van der Waals surface area contributed by atoms with E-state index in [0.29, 0.717) is 19.6 Å². The highest BCUT2D eigenvalue weighted by Crippen LogP contribution is 2.23. The fourth-order valence-corrected chi connectivity index (χ4v) is 2.93. The number of phenolic OH excluding ortho intramolecular Hbond substituents is 2. The first-order chi connectivity index (χ1) is 11.5. The molecular formula is C18H19FN2O3. The third kappa shape index (κ3) is 3.59. The molecule has 0 aromatic heterocycles. The molecule has 1 aliphatic rings. The maximum atomic E-state index is 13.0. The molecule has 1 amide bonds. The van der Waals surface area contributed by atoms with E-state index in [1.54, 1.807) is 17.0 Å². The van der Waals surface area contributed by atoms with E-state index in [2.05, 4.69) is 4.90 Å². The SMILES string of the molecule is O=C(c1cc(O)cc(O)c1)N1CCCN(c2ccc(F)cc2)CC1. The van der Waals surface area contributed by atoms with Crippen LogP contribution in [-0.2, 0) is 0 Å². The third-order valence-electron chi connectivity index (χ3n) is 4.12.